The maximum atomic E-state index is 12.9. The maximum absolute atomic E-state index is 12.9. The third kappa shape index (κ3) is 3.49. The molecule has 0 saturated carbocycles. The van der Waals surface area contributed by atoms with Gasteiger partial charge in [0.1, 0.15) is 9.79 Å². The van der Waals surface area contributed by atoms with Gasteiger partial charge in [0.25, 0.3) is 13.3 Å². The zero-order valence-electron chi connectivity index (χ0n) is 12.9. The van der Waals surface area contributed by atoms with E-state index in [1.807, 2.05) is 0 Å². The summed E-state index contributed by atoms with van der Waals surface area (Å²) in [7, 11) is -9.96. The number of nitrogens with zero attached hydrogens (tertiary/aromatic N) is 2. The molecule has 0 amide bonds. The van der Waals surface area contributed by atoms with Gasteiger partial charge in [-0.25, -0.2) is 16.8 Å². The van der Waals surface area contributed by atoms with Crippen molar-refractivity contribution < 1.29 is 26.7 Å². The van der Waals surface area contributed by atoms with E-state index in [1.165, 1.54) is 24.3 Å². The Morgan fingerprint density at radius 1 is 0.704 bits per heavy atom. The first-order chi connectivity index (χ1) is 12.4. The molecule has 2 aromatic carbocycles. The number of nitro benzene ring substituents is 2. The predicted molar refractivity (Wildman–Crippen MR) is 101 cm³/mol. The highest BCUT2D eigenvalue weighted by Gasteiger charge is 2.56. The highest BCUT2D eigenvalue weighted by molar-refractivity contribution is 9.30. The van der Waals surface area contributed by atoms with Gasteiger partial charge in [-0.15, -0.1) is 0 Å². The first-order valence-corrected chi connectivity index (χ1v) is 11.2. The summed E-state index contributed by atoms with van der Waals surface area (Å²) >= 11 is 5.12. The van der Waals surface area contributed by atoms with E-state index in [4.69, 9.17) is 0 Å². The monoisotopic (exact) mass is 542 g/mol. The van der Waals surface area contributed by atoms with Crippen molar-refractivity contribution in [1.29, 1.82) is 0 Å². The van der Waals surface area contributed by atoms with E-state index in [0.717, 1.165) is 24.3 Å². The minimum Gasteiger partial charge on any atom is -0.258 e. The summed E-state index contributed by atoms with van der Waals surface area (Å²) in [4.78, 5) is 18.5. The van der Waals surface area contributed by atoms with Crippen LogP contribution < -0.4 is 0 Å². The molecule has 14 heteroatoms. The van der Waals surface area contributed by atoms with E-state index in [1.54, 1.807) is 0 Å². The van der Waals surface area contributed by atoms with Gasteiger partial charge in [-0.2, -0.15) is 0 Å². The van der Waals surface area contributed by atoms with Crippen molar-refractivity contribution in [3.05, 3.63) is 68.8 Å². The Balaban J connectivity index is 2.79. The van der Waals surface area contributed by atoms with Crippen LogP contribution in [0.25, 0.3) is 0 Å². The molecular weight excluding hydrogens is 536 g/mol. The lowest BCUT2D eigenvalue weighted by atomic mass is 10.3. The second kappa shape index (κ2) is 7.26. The molecule has 0 radical (unpaired) electrons. The first kappa shape index (κ1) is 21.4. The maximum Gasteiger partial charge on any atom is 0.289 e. The Morgan fingerprint density at radius 3 is 1.30 bits per heavy atom. The molecule has 0 aliphatic heterocycles. The fourth-order valence-corrected chi connectivity index (χ4v) is 7.72. The molecule has 0 saturated heterocycles. The molecular formula is C13H8Br2N2O8S2. The molecule has 10 nitrogen and oxygen atoms in total. The van der Waals surface area contributed by atoms with Crippen molar-refractivity contribution in [2.45, 2.75) is 11.7 Å². The molecule has 2 rings (SSSR count). The zero-order valence-corrected chi connectivity index (χ0v) is 17.7. The van der Waals surface area contributed by atoms with Crippen LogP contribution in [0.2, 0.25) is 0 Å². The SMILES string of the molecule is O=[N+]([O-])c1ccccc1S(=O)(=O)C(Br)(Br)S(=O)(=O)c1ccccc1[N+](=O)[O-]. The zero-order chi connectivity index (χ0) is 20.6. The van der Waals surface area contributed by atoms with Crippen LogP contribution in [0.15, 0.2) is 58.3 Å². The van der Waals surface area contributed by atoms with Crippen molar-refractivity contribution in [2.24, 2.45) is 0 Å². The number of alkyl halides is 2. The average molecular weight is 544 g/mol. The fraction of sp³-hybridized carbons (Fsp3) is 0.0769. The largest absolute Gasteiger partial charge is 0.289 e. The minimum absolute atomic E-state index is 0.849. The summed E-state index contributed by atoms with van der Waals surface area (Å²) in [5, 5.41) is 22.3. The number of sulfone groups is 2. The summed E-state index contributed by atoms with van der Waals surface area (Å²) in [5.41, 5.74) is -1.70. The molecule has 0 heterocycles. The molecule has 0 N–H and O–H groups in total. The van der Waals surface area contributed by atoms with Gasteiger partial charge in [0.05, 0.1) is 9.85 Å². The van der Waals surface area contributed by atoms with Gasteiger partial charge in [0.2, 0.25) is 19.7 Å². The van der Waals surface area contributed by atoms with Crippen molar-refractivity contribution in [1.82, 2.24) is 0 Å². The summed E-state index contributed by atoms with van der Waals surface area (Å²) in [5.74, 6) is 0. The number of halogens is 2. The molecule has 0 spiro atoms. The fourth-order valence-electron chi connectivity index (χ4n) is 2.07. The topological polar surface area (TPSA) is 155 Å². The van der Waals surface area contributed by atoms with Crippen molar-refractivity contribution >= 4 is 62.9 Å². The highest BCUT2D eigenvalue weighted by atomic mass is 79.9. The second-order valence-electron chi connectivity index (χ2n) is 4.92. The third-order valence-corrected chi connectivity index (χ3v) is 12.9. The number of hydrogen-bond donors (Lipinski definition) is 0. The Bertz CT molecular complexity index is 1060. The standard InChI is InChI=1S/C13H8Br2N2O8S2/c14-13(15,26(22,23)11-7-3-1-5-9(11)16(18)19)27(24,25)12-8-4-2-6-10(12)17(20)21/h1-8H. The van der Waals surface area contributed by atoms with Crippen LogP contribution >= 0.6 is 31.9 Å². The van der Waals surface area contributed by atoms with Crippen LogP contribution in [0.1, 0.15) is 0 Å². The smallest absolute Gasteiger partial charge is 0.258 e. The Hall–Kier alpha value is -1.90. The van der Waals surface area contributed by atoms with Crippen LogP contribution in [0, 0.1) is 20.2 Å². The molecule has 27 heavy (non-hydrogen) atoms. The van der Waals surface area contributed by atoms with Crippen LogP contribution in [-0.2, 0) is 19.7 Å². The first-order valence-electron chi connectivity index (χ1n) is 6.69. The Kier molecular flexibility index (Phi) is 5.75. The van der Waals surface area contributed by atoms with Crippen LogP contribution in [-0.4, -0.2) is 28.6 Å². The van der Waals surface area contributed by atoms with Crippen molar-refractivity contribution in [3.8, 4) is 0 Å². The highest BCUT2D eigenvalue weighted by Crippen LogP contribution is 2.48. The lowest BCUT2D eigenvalue weighted by Gasteiger charge is -2.21. The van der Waals surface area contributed by atoms with E-state index < -0.39 is 52.6 Å². The van der Waals surface area contributed by atoms with E-state index >= 15 is 0 Å². The van der Waals surface area contributed by atoms with Crippen molar-refractivity contribution in [3.63, 3.8) is 0 Å². The molecule has 0 atom stereocenters. The molecule has 0 bridgehead atoms. The molecule has 144 valence electrons. The molecule has 0 unspecified atom stereocenters. The average Bonchev–Trinajstić information content (AvgIpc) is 2.61. The summed E-state index contributed by atoms with van der Waals surface area (Å²) < 4.78 is 48.7. The quantitative estimate of drug-likeness (QED) is 0.305. The lowest BCUT2D eigenvalue weighted by Crippen LogP contribution is -2.35. The van der Waals surface area contributed by atoms with Crippen LogP contribution in [0.5, 0.6) is 0 Å². The predicted octanol–water partition coefficient (Wildman–Crippen LogP) is 3.15. The molecule has 0 aromatic heterocycles. The van der Waals surface area contributed by atoms with E-state index in [9.17, 15) is 37.1 Å². The normalized spacial score (nSPS) is 12.5. The lowest BCUT2D eigenvalue weighted by molar-refractivity contribution is -0.388. The van der Waals surface area contributed by atoms with Gasteiger partial charge in [-0.3, -0.25) is 20.2 Å². The number of benzene rings is 2. The minimum atomic E-state index is -4.98. The number of para-hydroxylation sites is 2. The van der Waals surface area contributed by atoms with E-state index in [0.29, 0.717) is 0 Å². The van der Waals surface area contributed by atoms with Gasteiger partial charge in [0.15, 0.2) is 0 Å². The molecule has 0 aliphatic carbocycles. The van der Waals surface area contributed by atoms with E-state index in [2.05, 4.69) is 31.9 Å². The molecule has 0 fully saturated rings. The van der Waals surface area contributed by atoms with Crippen molar-refractivity contribution in [2.75, 3.05) is 0 Å². The van der Waals surface area contributed by atoms with Crippen LogP contribution in [0.3, 0.4) is 0 Å². The number of hydrogen-bond acceptors (Lipinski definition) is 8. The second-order valence-corrected chi connectivity index (χ2v) is 14.8. The van der Waals surface area contributed by atoms with Gasteiger partial charge < -0.3 is 0 Å². The van der Waals surface area contributed by atoms with Gasteiger partial charge in [-0.05, 0) is 44.0 Å². The van der Waals surface area contributed by atoms with Gasteiger partial charge >= 0.3 is 0 Å². The number of nitro groups is 2. The summed E-state index contributed by atoms with van der Waals surface area (Å²) in [6.45, 7) is 0. The third-order valence-electron chi connectivity index (χ3n) is 3.33. The summed E-state index contributed by atoms with van der Waals surface area (Å²) in [6.07, 6.45) is 0. The summed E-state index contributed by atoms with van der Waals surface area (Å²) in [6, 6.07) is 8.26. The molecule has 2 aromatic rings. The number of rotatable bonds is 6. The van der Waals surface area contributed by atoms with Gasteiger partial charge in [0, 0.05) is 12.1 Å². The van der Waals surface area contributed by atoms with Crippen LogP contribution in [0.4, 0.5) is 11.4 Å². The Labute approximate surface area is 169 Å². The van der Waals surface area contributed by atoms with E-state index in [-0.39, 0.29) is 0 Å². The van der Waals surface area contributed by atoms with Gasteiger partial charge in [-0.1, -0.05) is 24.3 Å². The Morgan fingerprint density at radius 2 is 1.00 bits per heavy atom. The molecule has 0 aliphatic rings.